The van der Waals surface area contributed by atoms with Crippen LogP contribution in [0.4, 0.5) is 8.78 Å². The van der Waals surface area contributed by atoms with Crippen molar-refractivity contribution in [1.82, 2.24) is 9.88 Å². The van der Waals surface area contributed by atoms with E-state index in [1.54, 1.807) is 12.3 Å². The average molecular weight is 332 g/mol. The molecule has 1 aliphatic heterocycles. The third-order valence-corrected chi connectivity index (χ3v) is 4.24. The van der Waals surface area contributed by atoms with Gasteiger partial charge in [-0.1, -0.05) is 6.07 Å². The second-order valence-corrected chi connectivity index (χ2v) is 5.94. The van der Waals surface area contributed by atoms with Crippen LogP contribution < -0.4 is 0 Å². The number of aliphatic hydroxyl groups is 1. The first kappa shape index (κ1) is 16.5. The number of amides is 1. The Kier molecular flexibility index (Phi) is 4.85. The fourth-order valence-electron chi connectivity index (χ4n) is 3.08. The average Bonchev–Trinajstić information content (AvgIpc) is 2.97. The SMILES string of the molecule is O=C(CCc1ccccn1)N1C[C@@H](O)C[C@@H]1c1cc(F)ccc1F. The molecule has 1 aromatic carbocycles. The molecule has 2 atom stereocenters. The second-order valence-electron chi connectivity index (χ2n) is 5.94. The van der Waals surface area contributed by atoms with Crippen molar-refractivity contribution in [3.8, 4) is 0 Å². The molecule has 0 radical (unpaired) electrons. The smallest absolute Gasteiger partial charge is 0.223 e. The molecule has 24 heavy (non-hydrogen) atoms. The Bertz CT molecular complexity index is 724. The molecule has 1 saturated heterocycles. The van der Waals surface area contributed by atoms with Gasteiger partial charge in [0, 0.05) is 30.4 Å². The Morgan fingerprint density at radius 3 is 2.88 bits per heavy atom. The van der Waals surface area contributed by atoms with E-state index in [0.29, 0.717) is 6.42 Å². The van der Waals surface area contributed by atoms with Crippen molar-refractivity contribution in [2.45, 2.75) is 31.4 Å². The number of benzene rings is 1. The van der Waals surface area contributed by atoms with Crippen LogP contribution in [0.1, 0.15) is 30.1 Å². The molecule has 6 heteroatoms. The summed E-state index contributed by atoms with van der Waals surface area (Å²) in [6.45, 7) is 0.127. The molecule has 1 fully saturated rings. The number of halogens is 2. The van der Waals surface area contributed by atoms with Crippen LogP contribution in [0.3, 0.4) is 0 Å². The maximum absolute atomic E-state index is 14.0. The van der Waals surface area contributed by atoms with Crippen molar-refractivity contribution in [2.75, 3.05) is 6.54 Å². The molecule has 0 saturated carbocycles. The quantitative estimate of drug-likeness (QED) is 0.936. The molecule has 3 rings (SSSR count). The van der Waals surface area contributed by atoms with Crippen LogP contribution in [-0.4, -0.2) is 33.5 Å². The number of carbonyl (C=O) groups excluding carboxylic acids is 1. The molecular weight excluding hydrogens is 314 g/mol. The van der Waals surface area contributed by atoms with Crippen LogP contribution in [0.2, 0.25) is 0 Å². The molecule has 1 amide bonds. The van der Waals surface area contributed by atoms with Crippen LogP contribution in [-0.2, 0) is 11.2 Å². The summed E-state index contributed by atoms with van der Waals surface area (Å²) in [6, 6.07) is 8.00. The van der Waals surface area contributed by atoms with Gasteiger partial charge in [-0.3, -0.25) is 9.78 Å². The van der Waals surface area contributed by atoms with E-state index in [9.17, 15) is 18.7 Å². The highest BCUT2D eigenvalue weighted by Crippen LogP contribution is 2.34. The largest absolute Gasteiger partial charge is 0.391 e. The molecule has 2 aromatic rings. The number of likely N-dealkylation sites (tertiary alicyclic amines) is 1. The fourth-order valence-corrected chi connectivity index (χ4v) is 3.08. The number of aryl methyl sites for hydroxylation is 1. The van der Waals surface area contributed by atoms with E-state index in [-0.39, 0.29) is 30.9 Å². The van der Waals surface area contributed by atoms with Crippen molar-refractivity contribution in [1.29, 1.82) is 0 Å². The first-order chi connectivity index (χ1) is 11.5. The third kappa shape index (κ3) is 3.59. The highest BCUT2D eigenvalue weighted by molar-refractivity contribution is 5.77. The molecule has 2 heterocycles. The van der Waals surface area contributed by atoms with Crippen LogP contribution in [0.15, 0.2) is 42.6 Å². The number of nitrogens with zero attached hydrogens (tertiary/aromatic N) is 2. The number of hydrogen-bond acceptors (Lipinski definition) is 3. The Balaban J connectivity index is 1.75. The molecule has 4 nitrogen and oxygen atoms in total. The maximum Gasteiger partial charge on any atom is 0.223 e. The first-order valence-corrected chi connectivity index (χ1v) is 7.87. The number of aliphatic hydroxyl groups excluding tert-OH is 1. The van der Waals surface area contributed by atoms with Gasteiger partial charge in [0.1, 0.15) is 11.6 Å². The van der Waals surface area contributed by atoms with Crippen molar-refractivity contribution in [2.24, 2.45) is 0 Å². The molecule has 1 aromatic heterocycles. The molecule has 0 spiro atoms. The van der Waals surface area contributed by atoms with Gasteiger partial charge in [0.15, 0.2) is 0 Å². The van der Waals surface area contributed by atoms with E-state index in [4.69, 9.17) is 0 Å². The van der Waals surface area contributed by atoms with Crippen molar-refractivity contribution >= 4 is 5.91 Å². The van der Waals surface area contributed by atoms with Gasteiger partial charge in [0.05, 0.1) is 12.1 Å². The second kappa shape index (κ2) is 7.05. The number of carbonyl (C=O) groups is 1. The van der Waals surface area contributed by atoms with Gasteiger partial charge in [-0.2, -0.15) is 0 Å². The molecule has 126 valence electrons. The predicted molar refractivity (Wildman–Crippen MR) is 84.0 cm³/mol. The highest BCUT2D eigenvalue weighted by atomic mass is 19.1. The zero-order valence-electron chi connectivity index (χ0n) is 13.0. The number of rotatable bonds is 4. The van der Waals surface area contributed by atoms with Gasteiger partial charge in [-0.15, -0.1) is 0 Å². The lowest BCUT2D eigenvalue weighted by atomic mass is 10.0. The number of hydrogen-bond donors (Lipinski definition) is 1. The highest BCUT2D eigenvalue weighted by Gasteiger charge is 2.36. The molecule has 0 bridgehead atoms. The number of aromatic nitrogens is 1. The van der Waals surface area contributed by atoms with Gasteiger partial charge in [0.25, 0.3) is 0 Å². The zero-order valence-corrected chi connectivity index (χ0v) is 13.0. The molecule has 0 aliphatic carbocycles. The molecule has 1 N–H and O–H groups in total. The zero-order chi connectivity index (χ0) is 17.1. The van der Waals surface area contributed by atoms with E-state index in [2.05, 4.69) is 4.98 Å². The van der Waals surface area contributed by atoms with E-state index < -0.39 is 23.8 Å². The van der Waals surface area contributed by atoms with Crippen molar-refractivity contribution in [3.63, 3.8) is 0 Å². The Morgan fingerprint density at radius 2 is 2.12 bits per heavy atom. The lowest BCUT2D eigenvalue weighted by Gasteiger charge is -2.25. The van der Waals surface area contributed by atoms with E-state index in [1.807, 2.05) is 12.1 Å². The fraction of sp³-hybridized carbons (Fsp3) is 0.333. The van der Waals surface area contributed by atoms with Crippen LogP contribution in [0, 0.1) is 11.6 Å². The Morgan fingerprint density at radius 1 is 1.29 bits per heavy atom. The van der Waals surface area contributed by atoms with E-state index in [1.165, 1.54) is 4.90 Å². The topological polar surface area (TPSA) is 53.4 Å². The van der Waals surface area contributed by atoms with E-state index in [0.717, 1.165) is 23.9 Å². The van der Waals surface area contributed by atoms with Gasteiger partial charge in [-0.25, -0.2) is 8.78 Å². The number of pyridine rings is 1. The standard InChI is InChI=1S/C18H18F2N2O2/c19-12-4-6-16(20)15(9-12)17-10-14(23)11-22(17)18(24)7-5-13-3-1-2-8-21-13/h1-4,6,8-9,14,17,23H,5,7,10-11H2/t14-,17+/m0/s1. The number of β-amino-alcohol motifs (C(OH)–C–C–N with tert-alkyl or cyclic N) is 1. The normalized spacial score (nSPS) is 20.4. The van der Waals surface area contributed by atoms with Gasteiger partial charge in [-0.05, 0) is 43.2 Å². The Labute approximate surface area is 138 Å². The minimum absolute atomic E-state index is 0.109. The first-order valence-electron chi connectivity index (χ1n) is 7.87. The summed E-state index contributed by atoms with van der Waals surface area (Å²) in [5, 5.41) is 9.90. The molecule has 0 unspecified atom stereocenters. The van der Waals surface area contributed by atoms with Crippen molar-refractivity contribution in [3.05, 3.63) is 65.5 Å². The maximum atomic E-state index is 14.0. The van der Waals surface area contributed by atoms with Crippen LogP contribution in [0.5, 0.6) is 0 Å². The third-order valence-electron chi connectivity index (χ3n) is 4.24. The van der Waals surface area contributed by atoms with Crippen LogP contribution in [0.25, 0.3) is 0 Å². The summed E-state index contributed by atoms with van der Waals surface area (Å²) in [5.74, 6) is -1.34. The molecular formula is C18H18F2N2O2. The lowest BCUT2D eigenvalue weighted by molar-refractivity contribution is -0.132. The monoisotopic (exact) mass is 332 g/mol. The van der Waals surface area contributed by atoms with E-state index >= 15 is 0 Å². The van der Waals surface area contributed by atoms with Crippen LogP contribution >= 0.6 is 0 Å². The van der Waals surface area contributed by atoms with Crippen molar-refractivity contribution < 1.29 is 18.7 Å². The van der Waals surface area contributed by atoms with Gasteiger partial charge in [0.2, 0.25) is 5.91 Å². The summed E-state index contributed by atoms with van der Waals surface area (Å²) < 4.78 is 27.5. The minimum atomic E-state index is -0.739. The summed E-state index contributed by atoms with van der Waals surface area (Å²) in [7, 11) is 0. The molecule has 1 aliphatic rings. The summed E-state index contributed by atoms with van der Waals surface area (Å²) in [5.41, 5.74) is 0.900. The predicted octanol–water partition coefficient (Wildman–Crippen LogP) is 2.63. The summed E-state index contributed by atoms with van der Waals surface area (Å²) >= 11 is 0. The van der Waals surface area contributed by atoms with Gasteiger partial charge >= 0.3 is 0 Å². The lowest BCUT2D eigenvalue weighted by Crippen LogP contribution is -2.32. The summed E-state index contributed by atoms with van der Waals surface area (Å²) in [6.07, 6.45) is 1.79. The van der Waals surface area contributed by atoms with Gasteiger partial charge < -0.3 is 10.0 Å². The minimum Gasteiger partial charge on any atom is -0.391 e. The summed E-state index contributed by atoms with van der Waals surface area (Å²) in [4.78, 5) is 18.1. The Hall–Kier alpha value is -2.34.